The minimum atomic E-state index is -1.07. The summed E-state index contributed by atoms with van der Waals surface area (Å²) in [5.41, 5.74) is 2.83. The van der Waals surface area contributed by atoms with Crippen LogP contribution in [0.2, 0.25) is 5.02 Å². The zero-order valence-electron chi connectivity index (χ0n) is 16.4. The molecule has 0 unspecified atom stereocenters. The lowest BCUT2D eigenvalue weighted by Crippen LogP contribution is -2.15. The SMILES string of the molecule is CCc1cc(C(=O)OC)ncc1-c1cc(Cl)c2cnc(NC(=O)[C@@H]3C[C@@H]3F)cc2c1. The quantitative estimate of drug-likeness (QED) is 0.602. The Hall–Kier alpha value is -3.06. The van der Waals surface area contributed by atoms with E-state index in [9.17, 15) is 14.0 Å². The molecule has 1 N–H and O–H groups in total. The largest absolute Gasteiger partial charge is 0.464 e. The summed E-state index contributed by atoms with van der Waals surface area (Å²) < 4.78 is 17.9. The summed E-state index contributed by atoms with van der Waals surface area (Å²) in [7, 11) is 1.31. The number of halogens is 2. The molecule has 2 heterocycles. The molecule has 0 aliphatic heterocycles. The van der Waals surface area contributed by atoms with Gasteiger partial charge in [0.25, 0.3) is 0 Å². The van der Waals surface area contributed by atoms with Gasteiger partial charge in [0.05, 0.1) is 18.1 Å². The number of aromatic nitrogens is 2. The third kappa shape index (κ3) is 3.85. The van der Waals surface area contributed by atoms with E-state index < -0.39 is 18.1 Å². The smallest absolute Gasteiger partial charge is 0.356 e. The lowest BCUT2D eigenvalue weighted by Gasteiger charge is -2.12. The minimum absolute atomic E-state index is 0.241. The summed E-state index contributed by atoms with van der Waals surface area (Å²) in [6, 6.07) is 7.15. The number of nitrogens with one attached hydrogen (secondary N) is 1. The highest BCUT2D eigenvalue weighted by molar-refractivity contribution is 6.36. The van der Waals surface area contributed by atoms with Crippen LogP contribution in [0.4, 0.5) is 10.2 Å². The Morgan fingerprint density at radius 2 is 2.00 bits per heavy atom. The first-order valence-corrected chi connectivity index (χ1v) is 9.91. The number of esters is 1. The van der Waals surface area contributed by atoms with Gasteiger partial charge in [0.1, 0.15) is 17.7 Å². The number of hydrogen-bond acceptors (Lipinski definition) is 5. The summed E-state index contributed by atoms with van der Waals surface area (Å²) in [4.78, 5) is 32.2. The molecule has 154 valence electrons. The van der Waals surface area contributed by atoms with Crippen molar-refractivity contribution in [2.24, 2.45) is 5.92 Å². The molecule has 4 rings (SSSR count). The van der Waals surface area contributed by atoms with Crippen LogP contribution >= 0.6 is 11.6 Å². The molecule has 8 heteroatoms. The molecular formula is C22H19ClFN3O3. The molecule has 0 bridgehead atoms. The monoisotopic (exact) mass is 427 g/mol. The number of pyridine rings is 2. The summed E-state index contributed by atoms with van der Waals surface area (Å²) in [5, 5.41) is 4.66. The van der Waals surface area contributed by atoms with Crippen LogP contribution in [0.5, 0.6) is 0 Å². The number of amides is 1. The molecule has 1 aliphatic carbocycles. The Balaban J connectivity index is 1.72. The molecule has 1 amide bonds. The number of alkyl halides is 1. The molecule has 3 aromatic rings. The molecule has 1 saturated carbocycles. The number of anilines is 1. The Morgan fingerprint density at radius 1 is 1.23 bits per heavy atom. The molecule has 1 aromatic carbocycles. The first kappa shape index (κ1) is 20.2. The van der Waals surface area contributed by atoms with Crippen LogP contribution < -0.4 is 5.32 Å². The number of aryl methyl sites for hydroxylation is 1. The van der Waals surface area contributed by atoms with Crippen molar-refractivity contribution in [3.05, 3.63) is 52.9 Å². The molecule has 0 spiro atoms. The zero-order valence-corrected chi connectivity index (χ0v) is 17.2. The molecule has 2 aromatic heterocycles. The third-order valence-electron chi connectivity index (χ3n) is 5.16. The number of rotatable bonds is 5. The van der Waals surface area contributed by atoms with E-state index in [1.807, 2.05) is 19.1 Å². The number of carbonyl (C=O) groups excluding carboxylic acids is 2. The molecule has 6 nitrogen and oxygen atoms in total. The summed E-state index contributed by atoms with van der Waals surface area (Å²) >= 11 is 6.48. The maximum Gasteiger partial charge on any atom is 0.356 e. The molecular weight excluding hydrogens is 409 g/mol. The normalized spacial score (nSPS) is 17.6. The standard InChI is InChI=1S/C22H19ClFN3O3/c1-3-11-6-19(22(29)30-2)25-9-15(11)12-4-13-7-20(26-10-16(13)17(23)5-12)27-21(28)14-8-18(14)24/h4-7,9-10,14,18H,3,8H2,1-2H3,(H,26,27,28)/t14-,18+/m1/s1. The van der Waals surface area contributed by atoms with Gasteiger partial charge in [-0.15, -0.1) is 0 Å². The van der Waals surface area contributed by atoms with E-state index in [2.05, 4.69) is 15.3 Å². The lowest BCUT2D eigenvalue weighted by molar-refractivity contribution is -0.117. The number of fused-ring (bicyclic) bond motifs is 1. The number of ether oxygens (including phenoxy) is 1. The van der Waals surface area contributed by atoms with Gasteiger partial charge in [0, 0.05) is 23.3 Å². The van der Waals surface area contributed by atoms with Gasteiger partial charge >= 0.3 is 5.97 Å². The topological polar surface area (TPSA) is 81.2 Å². The van der Waals surface area contributed by atoms with Gasteiger partial charge in [-0.1, -0.05) is 18.5 Å². The Kier molecular flexibility index (Phi) is 5.39. The third-order valence-corrected chi connectivity index (χ3v) is 5.48. The highest BCUT2D eigenvalue weighted by atomic mass is 35.5. The van der Waals surface area contributed by atoms with E-state index in [0.29, 0.717) is 17.3 Å². The van der Waals surface area contributed by atoms with E-state index >= 15 is 0 Å². The van der Waals surface area contributed by atoms with Crippen molar-refractivity contribution in [3.8, 4) is 11.1 Å². The van der Waals surface area contributed by atoms with Gasteiger partial charge < -0.3 is 10.1 Å². The Labute approximate surface area is 177 Å². The molecule has 0 saturated heterocycles. The van der Waals surface area contributed by atoms with E-state index in [0.717, 1.165) is 27.5 Å². The van der Waals surface area contributed by atoms with Crippen LogP contribution in [0.1, 0.15) is 29.4 Å². The van der Waals surface area contributed by atoms with Gasteiger partial charge in [-0.25, -0.2) is 19.2 Å². The van der Waals surface area contributed by atoms with Gasteiger partial charge in [0.15, 0.2) is 0 Å². The van der Waals surface area contributed by atoms with Crippen LogP contribution in [0.3, 0.4) is 0 Å². The Bertz CT molecular complexity index is 1170. The number of benzene rings is 1. The summed E-state index contributed by atoms with van der Waals surface area (Å²) in [6.45, 7) is 1.98. The van der Waals surface area contributed by atoms with Crippen LogP contribution in [0, 0.1) is 5.92 Å². The van der Waals surface area contributed by atoms with Crippen LogP contribution in [0.15, 0.2) is 36.7 Å². The van der Waals surface area contributed by atoms with E-state index in [4.69, 9.17) is 16.3 Å². The first-order valence-electron chi connectivity index (χ1n) is 9.53. The molecule has 2 atom stereocenters. The second-order valence-corrected chi connectivity index (χ2v) is 7.58. The fourth-order valence-corrected chi connectivity index (χ4v) is 3.63. The first-order chi connectivity index (χ1) is 14.4. The predicted molar refractivity (Wildman–Crippen MR) is 112 cm³/mol. The summed E-state index contributed by atoms with van der Waals surface area (Å²) in [6.07, 6.45) is 3.07. The highest BCUT2D eigenvalue weighted by Crippen LogP contribution is 2.36. The maximum absolute atomic E-state index is 13.1. The number of methoxy groups -OCH3 is 1. The average Bonchev–Trinajstić information content (AvgIpc) is 3.49. The van der Waals surface area contributed by atoms with Gasteiger partial charge in [0.2, 0.25) is 5.91 Å². The highest BCUT2D eigenvalue weighted by Gasteiger charge is 2.43. The van der Waals surface area contributed by atoms with Gasteiger partial charge in [-0.05, 0) is 53.6 Å². The van der Waals surface area contributed by atoms with Crippen molar-refractivity contribution >= 4 is 40.1 Å². The van der Waals surface area contributed by atoms with Gasteiger partial charge in [-0.2, -0.15) is 0 Å². The summed E-state index contributed by atoms with van der Waals surface area (Å²) in [5.74, 6) is -1.11. The fourth-order valence-electron chi connectivity index (χ4n) is 3.36. The predicted octanol–water partition coefficient (Wildman–Crippen LogP) is 4.60. The van der Waals surface area contributed by atoms with Crippen molar-refractivity contribution in [1.82, 2.24) is 9.97 Å². The van der Waals surface area contributed by atoms with Crippen molar-refractivity contribution in [2.45, 2.75) is 25.9 Å². The van der Waals surface area contributed by atoms with E-state index in [1.165, 1.54) is 7.11 Å². The van der Waals surface area contributed by atoms with Crippen molar-refractivity contribution in [1.29, 1.82) is 0 Å². The molecule has 1 aliphatic rings. The molecule has 0 radical (unpaired) electrons. The number of nitrogens with zero attached hydrogens (tertiary/aromatic N) is 2. The van der Waals surface area contributed by atoms with E-state index in [-0.39, 0.29) is 18.0 Å². The maximum atomic E-state index is 13.1. The molecule has 1 fully saturated rings. The number of carbonyl (C=O) groups is 2. The van der Waals surface area contributed by atoms with Crippen LogP contribution in [0.25, 0.3) is 21.9 Å². The number of hydrogen-bond donors (Lipinski definition) is 1. The molecule has 30 heavy (non-hydrogen) atoms. The Morgan fingerprint density at radius 3 is 2.67 bits per heavy atom. The van der Waals surface area contributed by atoms with Crippen LogP contribution in [-0.2, 0) is 16.0 Å². The van der Waals surface area contributed by atoms with Gasteiger partial charge in [-0.3, -0.25) is 4.79 Å². The fraction of sp³-hybridized carbons (Fsp3) is 0.273. The van der Waals surface area contributed by atoms with Crippen LogP contribution in [-0.4, -0.2) is 35.1 Å². The zero-order chi connectivity index (χ0) is 21.4. The average molecular weight is 428 g/mol. The lowest BCUT2D eigenvalue weighted by atomic mass is 9.97. The van der Waals surface area contributed by atoms with E-state index in [1.54, 1.807) is 24.5 Å². The van der Waals surface area contributed by atoms with Crippen molar-refractivity contribution in [3.63, 3.8) is 0 Å². The second kappa shape index (κ2) is 7.99. The van der Waals surface area contributed by atoms with Crippen molar-refractivity contribution < 1.29 is 18.7 Å². The minimum Gasteiger partial charge on any atom is -0.464 e. The second-order valence-electron chi connectivity index (χ2n) is 7.17. The van der Waals surface area contributed by atoms with Crippen molar-refractivity contribution in [2.75, 3.05) is 12.4 Å².